The number of carbonyl (C=O) groups excluding carboxylic acids is 1. The first-order valence-corrected chi connectivity index (χ1v) is 7.76. The number of halogens is 1. The quantitative estimate of drug-likeness (QED) is 0.799. The summed E-state index contributed by atoms with van der Waals surface area (Å²) in [7, 11) is 0. The van der Waals surface area contributed by atoms with E-state index in [4.69, 9.17) is 5.11 Å². The highest BCUT2D eigenvalue weighted by Crippen LogP contribution is 2.32. The Balaban J connectivity index is 2.01. The molecule has 112 valence electrons. The van der Waals surface area contributed by atoms with Crippen molar-refractivity contribution in [3.63, 3.8) is 0 Å². The molecule has 1 saturated carbocycles. The second kappa shape index (κ2) is 6.89. The monoisotopic (exact) mass is 351 g/mol. The minimum atomic E-state index is -0.867. The Labute approximate surface area is 132 Å². The number of hydrogen-bond acceptors (Lipinski definition) is 2. The van der Waals surface area contributed by atoms with Gasteiger partial charge in [0.25, 0.3) is 0 Å². The molecule has 0 spiro atoms. The van der Waals surface area contributed by atoms with Crippen molar-refractivity contribution in [1.82, 2.24) is 5.32 Å². The molecular weight excluding hydrogens is 334 g/mol. The molecule has 0 aromatic heterocycles. The molecule has 4 nitrogen and oxygen atoms in total. The van der Waals surface area contributed by atoms with E-state index < -0.39 is 11.5 Å². The van der Waals surface area contributed by atoms with Gasteiger partial charge in [-0.2, -0.15) is 0 Å². The Morgan fingerprint density at radius 3 is 2.67 bits per heavy atom. The molecule has 1 amide bonds. The van der Waals surface area contributed by atoms with E-state index in [-0.39, 0.29) is 12.3 Å². The van der Waals surface area contributed by atoms with Gasteiger partial charge >= 0.3 is 5.97 Å². The highest BCUT2D eigenvalue weighted by atomic mass is 79.9. The van der Waals surface area contributed by atoms with Crippen LogP contribution in [0.1, 0.15) is 37.7 Å². The van der Waals surface area contributed by atoms with Gasteiger partial charge in [0.2, 0.25) is 5.91 Å². The number of hydrogen-bond donors (Lipinski definition) is 2. The molecular formula is C16H18BrNO3. The van der Waals surface area contributed by atoms with E-state index in [2.05, 4.69) is 21.2 Å². The van der Waals surface area contributed by atoms with Crippen LogP contribution in [0.3, 0.4) is 0 Å². The van der Waals surface area contributed by atoms with Crippen LogP contribution >= 0.6 is 15.9 Å². The van der Waals surface area contributed by atoms with Gasteiger partial charge in [-0.15, -0.1) is 0 Å². The van der Waals surface area contributed by atoms with Crippen LogP contribution in [0.25, 0.3) is 6.08 Å². The maximum atomic E-state index is 12.0. The van der Waals surface area contributed by atoms with Gasteiger partial charge in [0.1, 0.15) is 0 Å². The fourth-order valence-corrected chi connectivity index (χ4v) is 3.19. The molecule has 1 aliphatic rings. The second-order valence-electron chi connectivity index (χ2n) is 5.44. The first-order chi connectivity index (χ1) is 9.99. The molecule has 5 heteroatoms. The Bertz CT molecular complexity index is 562. The zero-order chi connectivity index (χ0) is 15.3. The van der Waals surface area contributed by atoms with Crippen molar-refractivity contribution in [2.45, 2.75) is 37.6 Å². The summed E-state index contributed by atoms with van der Waals surface area (Å²) in [5.41, 5.74) is 0.336. The average molecular weight is 352 g/mol. The number of carbonyl (C=O) groups is 2. The molecule has 1 fully saturated rings. The topological polar surface area (TPSA) is 66.4 Å². The standard InChI is InChI=1S/C16H18BrNO3/c17-13-5-3-4-12(10-13)6-7-14(19)18-16(11-15(20)21)8-1-2-9-16/h3-7,10H,1-2,8-9,11H2,(H,18,19)(H,20,21). The lowest BCUT2D eigenvalue weighted by Gasteiger charge is -2.28. The van der Waals surface area contributed by atoms with E-state index >= 15 is 0 Å². The molecule has 21 heavy (non-hydrogen) atoms. The van der Waals surface area contributed by atoms with Crippen molar-refractivity contribution in [3.05, 3.63) is 40.4 Å². The molecule has 0 unspecified atom stereocenters. The Morgan fingerprint density at radius 1 is 1.33 bits per heavy atom. The van der Waals surface area contributed by atoms with Gasteiger partial charge in [-0.1, -0.05) is 40.9 Å². The molecule has 1 aliphatic carbocycles. The summed E-state index contributed by atoms with van der Waals surface area (Å²) in [6.45, 7) is 0. The minimum absolute atomic E-state index is 0.0105. The molecule has 0 saturated heterocycles. The van der Waals surface area contributed by atoms with Gasteiger partial charge in [-0.25, -0.2) is 0 Å². The molecule has 0 radical (unpaired) electrons. The second-order valence-corrected chi connectivity index (χ2v) is 6.35. The molecule has 2 N–H and O–H groups in total. The van der Waals surface area contributed by atoms with Crippen LogP contribution in [-0.4, -0.2) is 22.5 Å². The lowest BCUT2D eigenvalue weighted by molar-refractivity contribution is -0.139. The fraction of sp³-hybridized carbons (Fsp3) is 0.375. The lowest BCUT2D eigenvalue weighted by Crippen LogP contribution is -2.47. The summed E-state index contributed by atoms with van der Waals surface area (Å²) in [6.07, 6.45) is 6.56. The predicted molar refractivity (Wildman–Crippen MR) is 84.8 cm³/mol. The summed E-state index contributed by atoms with van der Waals surface area (Å²) < 4.78 is 0.947. The number of rotatable bonds is 5. The largest absolute Gasteiger partial charge is 0.481 e. The number of benzene rings is 1. The van der Waals surface area contributed by atoms with E-state index in [9.17, 15) is 9.59 Å². The van der Waals surface area contributed by atoms with Crippen LogP contribution in [0.5, 0.6) is 0 Å². The van der Waals surface area contributed by atoms with Crippen LogP contribution in [0, 0.1) is 0 Å². The maximum absolute atomic E-state index is 12.0. The van der Waals surface area contributed by atoms with Gasteiger partial charge < -0.3 is 10.4 Å². The SMILES string of the molecule is O=C(O)CC1(NC(=O)C=Cc2cccc(Br)c2)CCCC1. The van der Waals surface area contributed by atoms with Crippen molar-refractivity contribution in [2.24, 2.45) is 0 Å². The fourth-order valence-electron chi connectivity index (χ4n) is 2.77. The maximum Gasteiger partial charge on any atom is 0.305 e. The Hall–Kier alpha value is -1.62. The first kappa shape index (κ1) is 15.8. The number of nitrogens with one attached hydrogen (secondary N) is 1. The van der Waals surface area contributed by atoms with Crippen LogP contribution in [0.2, 0.25) is 0 Å². The predicted octanol–water partition coefficient (Wildman–Crippen LogP) is 3.37. The third-order valence-corrected chi connectivity index (χ3v) is 4.21. The summed E-state index contributed by atoms with van der Waals surface area (Å²) in [6, 6.07) is 7.62. The van der Waals surface area contributed by atoms with Gasteiger partial charge in [-0.3, -0.25) is 9.59 Å². The van der Waals surface area contributed by atoms with Gasteiger partial charge in [0.15, 0.2) is 0 Å². The third-order valence-electron chi connectivity index (χ3n) is 3.71. The van der Waals surface area contributed by atoms with E-state index in [1.165, 1.54) is 6.08 Å². The van der Waals surface area contributed by atoms with Gasteiger partial charge in [0.05, 0.1) is 12.0 Å². The number of amides is 1. The normalized spacial score (nSPS) is 17.0. The summed E-state index contributed by atoms with van der Waals surface area (Å²) in [5.74, 6) is -1.11. The first-order valence-electron chi connectivity index (χ1n) is 6.97. The van der Waals surface area contributed by atoms with Crippen LogP contribution < -0.4 is 5.32 Å². The van der Waals surface area contributed by atoms with Gasteiger partial charge in [-0.05, 0) is 36.6 Å². The molecule has 1 aromatic rings. The summed E-state index contributed by atoms with van der Waals surface area (Å²) in [4.78, 5) is 23.0. The van der Waals surface area contributed by atoms with Crippen molar-refractivity contribution in [3.8, 4) is 0 Å². The average Bonchev–Trinajstić information content (AvgIpc) is 2.83. The number of carboxylic acid groups (broad SMARTS) is 1. The highest BCUT2D eigenvalue weighted by molar-refractivity contribution is 9.10. The lowest BCUT2D eigenvalue weighted by atomic mass is 9.93. The number of carboxylic acids is 1. The van der Waals surface area contributed by atoms with E-state index in [1.807, 2.05) is 24.3 Å². The van der Waals surface area contributed by atoms with Gasteiger partial charge in [0, 0.05) is 10.5 Å². The summed E-state index contributed by atoms with van der Waals surface area (Å²) >= 11 is 3.38. The zero-order valence-electron chi connectivity index (χ0n) is 11.6. The van der Waals surface area contributed by atoms with Crippen molar-refractivity contribution in [1.29, 1.82) is 0 Å². The molecule has 0 heterocycles. The Morgan fingerprint density at radius 2 is 2.05 bits per heavy atom. The van der Waals surface area contributed by atoms with Crippen molar-refractivity contribution < 1.29 is 14.7 Å². The van der Waals surface area contributed by atoms with Crippen LogP contribution in [0.15, 0.2) is 34.8 Å². The highest BCUT2D eigenvalue weighted by Gasteiger charge is 2.36. The van der Waals surface area contributed by atoms with Crippen molar-refractivity contribution in [2.75, 3.05) is 0 Å². The smallest absolute Gasteiger partial charge is 0.305 e. The minimum Gasteiger partial charge on any atom is -0.481 e. The molecule has 0 aliphatic heterocycles. The van der Waals surface area contributed by atoms with E-state index in [0.717, 1.165) is 35.7 Å². The van der Waals surface area contributed by atoms with E-state index in [1.54, 1.807) is 6.08 Å². The Kier molecular flexibility index (Phi) is 5.17. The van der Waals surface area contributed by atoms with Crippen LogP contribution in [0.4, 0.5) is 0 Å². The third kappa shape index (κ3) is 4.70. The molecule has 2 rings (SSSR count). The van der Waals surface area contributed by atoms with E-state index in [0.29, 0.717) is 0 Å². The van der Waals surface area contributed by atoms with Crippen molar-refractivity contribution >= 4 is 33.9 Å². The summed E-state index contributed by atoms with van der Waals surface area (Å²) in [5, 5.41) is 11.9. The molecule has 1 aromatic carbocycles. The zero-order valence-corrected chi connectivity index (χ0v) is 13.2. The molecule has 0 atom stereocenters. The number of aliphatic carboxylic acids is 1. The van der Waals surface area contributed by atoms with Crippen LogP contribution in [-0.2, 0) is 9.59 Å². The molecule has 0 bridgehead atoms.